The highest BCUT2D eigenvalue weighted by atomic mass is 19.1. The number of carbonyl (C=O) groups is 1. The summed E-state index contributed by atoms with van der Waals surface area (Å²) in [7, 11) is 0. The lowest BCUT2D eigenvalue weighted by molar-refractivity contribution is 0.0948. The number of rotatable bonds is 6. The summed E-state index contributed by atoms with van der Waals surface area (Å²) in [6.45, 7) is -0.518. The van der Waals surface area contributed by atoms with Gasteiger partial charge >= 0.3 is 0 Å². The lowest BCUT2D eigenvalue weighted by atomic mass is 10.0. The Morgan fingerprint density at radius 1 is 1.15 bits per heavy atom. The van der Waals surface area contributed by atoms with Crippen LogP contribution in [0.1, 0.15) is 22.2 Å². The SMILES string of the molecule is NC(=O)c1cc([C@@H](O)CO)cc(-c2ccccc2Oc2ccc(F)cc2)n1. The molecule has 0 spiro atoms. The van der Waals surface area contributed by atoms with Crippen LogP contribution in [0.3, 0.4) is 0 Å². The van der Waals surface area contributed by atoms with Gasteiger partial charge in [-0.3, -0.25) is 4.79 Å². The Hall–Kier alpha value is -3.29. The van der Waals surface area contributed by atoms with Gasteiger partial charge in [-0.2, -0.15) is 0 Å². The number of hydrogen-bond donors (Lipinski definition) is 3. The lowest BCUT2D eigenvalue weighted by Crippen LogP contribution is -2.15. The molecule has 0 fully saturated rings. The molecular weight excluding hydrogens is 351 g/mol. The van der Waals surface area contributed by atoms with E-state index in [0.717, 1.165) is 0 Å². The zero-order valence-corrected chi connectivity index (χ0v) is 14.2. The minimum Gasteiger partial charge on any atom is -0.457 e. The van der Waals surface area contributed by atoms with E-state index < -0.39 is 18.6 Å². The average molecular weight is 368 g/mol. The maximum Gasteiger partial charge on any atom is 0.267 e. The molecule has 6 nitrogen and oxygen atoms in total. The highest BCUT2D eigenvalue weighted by Gasteiger charge is 2.16. The largest absolute Gasteiger partial charge is 0.457 e. The summed E-state index contributed by atoms with van der Waals surface area (Å²) in [6, 6.07) is 15.3. The smallest absolute Gasteiger partial charge is 0.267 e. The second-order valence-corrected chi connectivity index (χ2v) is 5.79. The Morgan fingerprint density at radius 3 is 2.52 bits per heavy atom. The first-order chi connectivity index (χ1) is 13.0. The maximum absolute atomic E-state index is 13.1. The van der Waals surface area contributed by atoms with Crippen molar-refractivity contribution in [1.29, 1.82) is 0 Å². The predicted octanol–water partition coefficient (Wildman–Crippen LogP) is 2.80. The maximum atomic E-state index is 13.1. The number of halogens is 1. The third-order valence-corrected chi connectivity index (χ3v) is 3.86. The van der Waals surface area contributed by atoms with Gasteiger partial charge in [0.05, 0.1) is 12.3 Å². The van der Waals surface area contributed by atoms with Crippen LogP contribution in [0.4, 0.5) is 4.39 Å². The number of ether oxygens (including phenoxy) is 1. The molecule has 1 amide bonds. The number of hydrogen-bond acceptors (Lipinski definition) is 5. The first kappa shape index (κ1) is 18.5. The van der Waals surface area contributed by atoms with E-state index in [9.17, 15) is 19.4 Å². The number of nitrogens with zero attached hydrogens (tertiary/aromatic N) is 1. The van der Waals surface area contributed by atoms with Crippen LogP contribution < -0.4 is 10.5 Å². The standard InChI is InChI=1S/C20H17FN2O4/c21-13-5-7-14(8-6-13)27-19-4-2-1-3-15(19)16-9-12(18(25)11-24)10-17(23-16)20(22)26/h1-10,18,24-25H,11H2,(H2,22,26)/t18-/m0/s1. The van der Waals surface area contributed by atoms with Crippen LogP contribution in [0, 0.1) is 5.82 Å². The van der Waals surface area contributed by atoms with Gasteiger partial charge in [0.1, 0.15) is 29.1 Å². The van der Waals surface area contributed by atoms with Crippen LogP contribution in [-0.4, -0.2) is 27.7 Å². The molecular formula is C20H17FN2O4. The Bertz CT molecular complexity index is 960. The van der Waals surface area contributed by atoms with Crippen LogP contribution in [0.25, 0.3) is 11.3 Å². The van der Waals surface area contributed by atoms with Crippen LogP contribution in [0.15, 0.2) is 60.7 Å². The fourth-order valence-electron chi connectivity index (χ4n) is 2.51. The molecule has 0 aliphatic heterocycles. The molecule has 2 aromatic carbocycles. The van der Waals surface area contributed by atoms with Gasteiger partial charge in [-0.1, -0.05) is 12.1 Å². The van der Waals surface area contributed by atoms with Crippen molar-refractivity contribution < 1.29 is 24.1 Å². The summed E-state index contributed by atoms with van der Waals surface area (Å²) in [6.07, 6.45) is -1.19. The number of pyridine rings is 1. The van der Waals surface area contributed by atoms with Crippen molar-refractivity contribution in [2.75, 3.05) is 6.61 Å². The van der Waals surface area contributed by atoms with E-state index in [-0.39, 0.29) is 11.5 Å². The van der Waals surface area contributed by atoms with Crippen LogP contribution >= 0.6 is 0 Å². The number of amides is 1. The zero-order valence-electron chi connectivity index (χ0n) is 14.2. The molecule has 0 unspecified atom stereocenters. The number of para-hydroxylation sites is 1. The molecule has 0 saturated carbocycles. The Morgan fingerprint density at radius 2 is 1.85 bits per heavy atom. The fourth-order valence-corrected chi connectivity index (χ4v) is 2.51. The Balaban J connectivity index is 2.07. The average Bonchev–Trinajstić information content (AvgIpc) is 2.69. The predicted molar refractivity (Wildman–Crippen MR) is 96.7 cm³/mol. The van der Waals surface area contributed by atoms with Gasteiger partial charge in [-0.05, 0) is 54.1 Å². The fraction of sp³-hybridized carbons (Fsp3) is 0.100. The molecule has 3 rings (SSSR count). The van der Waals surface area contributed by atoms with Crippen molar-refractivity contribution in [3.8, 4) is 22.8 Å². The minimum absolute atomic E-state index is 0.0495. The molecule has 138 valence electrons. The van der Waals surface area contributed by atoms with E-state index in [4.69, 9.17) is 10.5 Å². The van der Waals surface area contributed by atoms with Crippen LogP contribution in [0.2, 0.25) is 0 Å². The molecule has 7 heteroatoms. The molecule has 4 N–H and O–H groups in total. The number of aliphatic hydroxyl groups excluding tert-OH is 2. The van der Waals surface area contributed by atoms with Gasteiger partial charge in [0.2, 0.25) is 0 Å². The molecule has 1 aromatic heterocycles. The third kappa shape index (κ3) is 4.28. The summed E-state index contributed by atoms with van der Waals surface area (Å²) in [5.74, 6) is -0.303. The van der Waals surface area contributed by atoms with Gasteiger partial charge in [0.15, 0.2) is 0 Å². The van der Waals surface area contributed by atoms with E-state index in [1.807, 2.05) is 0 Å². The van der Waals surface area contributed by atoms with Gasteiger partial charge in [0.25, 0.3) is 5.91 Å². The van der Waals surface area contributed by atoms with Crippen molar-refractivity contribution in [2.24, 2.45) is 5.73 Å². The van der Waals surface area contributed by atoms with Crippen molar-refractivity contribution in [3.05, 3.63) is 77.7 Å². The topological polar surface area (TPSA) is 106 Å². The van der Waals surface area contributed by atoms with Gasteiger partial charge in [0, 0.05) is 5.56 Å². The molecule has 0 aliphatic rings. The number of primary amides is 1. The van der Waals surface area contributed by atoms with Gasteiger partial charge < -0.3 is 20.7 Å². The first-order valence-electron chi connectivity index (χ1n) is 8.11. The van der Waals surface area contributed by atoms with Crippen molar-refractivity contribution in [2.45, 2.75) is 6.10 Å². The van der Waals surface area contributed by atoms with Gasteiger partial charge in [-0.15, -0.1) is 0 Å². The molecule has 0 saturated heterocycles. The quantitative estimate of drug-likeness (QED) is 0.620. The zero-order chi connectivity index (χ0) is 19.4. The Labute approximate surface area is 154 Å². The van der Waals surface area contributed by atoms with Gasteiger partial charge in [-0.25, -0.2) is 9.37 Å². The highest BCUT2D eigenvalue weighted by molar-refractivity contribution is 5.91. The number of aromatic nitrogens is 1. The summed E-state index contributed by atoms with van der Waals surface area (Å²) < 4.78 is 18.9. The van der Waals surface area contributed by atoms with Crippen LogP contribution in [0.5, 0.6) is 11.5 Å². The van der Waals surface area contributed by atoms with E-state index in [0.29, 0.717) is 28.3 Å². The normalized spacial score (nSPS) is 11.8. The summed E-state index contributed by atoms with van der Waals surface area (Å²) >= 11 is 0. The molecule has 1 heterocycles. The van der Waals surface area contributed by atoms with Crippen molar-refractivity contribution >= 4 is 5.91 Å². The number of carbonyl (C=O) groups excluding carboxylic acids is 1. The number of aliphatic hydroxyl groups is 2. The highest BCUT2D eigenvalue weighted by Crippen LogP contribution is 2.33. The third-order valence-electron chi connectivity index (χ3n) is 3.86. The molecule has 3 aromatic rings. The monoisotopic (exact) mass is 368 g/mol. The van der Waals surface area contributed by atoms with E-state index in [1.54, 1.807) is 30.3 Å². The molecule has 27 heavy (non-hydrogen) atoms. The van der Waals surface area contributed by atoms with Crippen molar-refractivity contribution in [3.63, 3.8) is 0 Å². The molecule has 0 bridgehead atoms. The van der Waals surface area contributed by atoms with E-state index >= 15 is 0 Å². The molecule has 1 atom stereocenters. The summed E-state index contributed by atoms with van der Waals surface area (Å²) in [5.41, 5.74) is 6.46. The minimum atomic E-state index is -1.19. The van der Waals surface area contributed by atoms with E-state index in [2.05, 4.69) is 4.98 Å². The number of nitrogens with two attached hydrogens (primary N) is 1. The molecule has 0 aliphatic carbocycles. The van der Waals surface area contributed by atoms with Crippen LogP contribution in [-0.2, 0) is 0 Å². The summed E-state index contributed by atoms with van der Waals surface area (Å²) in [4.78, 5) is 15.8. The Kier molecular flexibility index (Phi) is 5.44. The molecule has 0 radical (unpaired) electrons. The first-order valence-corrected chi connectivity index (χ1v) is 8.11. The van der Waals surface area contributed by atoms with E-state index in [1.165, 1.54) is 30.3 Å². The van der Waals surface area contributed by atoms with Crippen molar-refractivity contribution in [1.82, 2.24) is 4.98 Å². The lowest BCUT2D eigenvalue weighted by Gasteiger charge is -2.14. The second-order valence-electron chi connectivity index (χ2n) is 5.79. The number of benzene rings is 2. The summed E-state index contributed by atoms with van der Waals surface area (Å²) in [5, 5.41) is 19.1. The second kappa shape index (κ2) is 7.94.